The molecule has 2 aliphatic rings. The highest BCUT2D eigenvalue weighted by molar-refractivity contribution is 9.10. The quantitative estimate of drug-likeness (QED) is 0.576. The molecule has 0 radical (unpaired) electrons. The van der Waals surface area contributed by atoms with Gasteiger partial charge in [-0.05, 0) is 47.7 Å². The first-order valence-electron chi connectivity index (χ1n) is 7.80. The predicted molar refractivity (Wildman–Crippen MR) is 102 cm³/mol. The lowest BCUT2D eigenvalue weighted by Gasteiger charge is -2.38. The fraction of sp³-hybridized carbons (Fsp3) is 0.211. The van der Waals surface area contributed by atoms with Gasteiger partial charge in [0.25, 0.3) is 0 Å². The number of allylic oxidation sites excluding steroid dienone is 2. The standard InChI is InChI=1S/C19H15Br2NO2/c20-11-6-4-10(5-7-11)17-14-3-1-2-13(14)15-8-12(21)9-16(19(23)24)18(15)22-17/h1-2,4-9,13-14,17,22H,3H2,(H,23,24)/t13?,14?,17-/m1/s1. The van der Waals surface area contributed by atoms with Gasteiger partial charge in [-0.3, -0.25) is 0 Å². The summed E-state index contributed by atoms with van der Waals surface area (Å²) in [5.41, 5.74) is 3.31. The molecule has 4 rings (SSSR count). The topological polar surface area (TPSA) is 49.3 Å². The van der Waals surface area contributed by atoms with E-state index in [1.54, 1.807) is 6.07 Å². The molecule has 0 saturated carbocycles. The number of fused-ring (bicyclic) bond motifs is 3. The van der Waals surface area contributed by atoms with Crippen LogP contribution in [0.3, 0.4) is 0 Å². The number of rotatable bonds is 2. The Morgan fingerprint density at radius 1 is 1.12 bits per heavy atom. The van der Waals surface area contributed by atoms with Crippen LogP contribution in [0.25, 0.3) is 0 Å². The second kappa shape index (κ2) is 6.05. The molecule has 122 valence electrons. The average molecular weight is 449 g/mol. The van der Waals surface area contributed by atoms with Crippen LogP contribution in [0.2, 0.25) is 0 Å². The number of carboxylic acids is 1. The second-order valence-corrected chi connectivity index (χ2v) is 8.08. The molecular weight excluding hydrogens is 434 g/mol. The lowest BCUT2D eigenvalue weighted by molar-refractivity contribution is 0.0697. The largest absolute Gasteiger partial charge is 0.478 e. The van der Waals surface area contributed by atoms with Crippen LogP contribution in [0.5, 0.6) is 0 Å². The van der Waals surface area contributed by atoms with Crippen molar-refractivity contribution in [2.75, 3.05) is 5.32 Å². The predicted octanol–water partition coefficient (Wildman–Crippen LogP) is 5.74. The third-order valence-corrected chi connectivity index (χ3v) is 5.88. The molecule has 2 N–H and O–H groups in total. The van der Waals surface area contributed by atoms with Crippen LogP contribution in [0.4, 0.5) is 5.69 Å². The molecule has 0 saturated heterocycles. The van der Waals surface area contributed by atoms with E-state index in [0.29, 0.717) is 11.5 Å². The molecule has 0 bridgehead atoms. The summed E-state index contributed by atoms with van der Waals surface area (Å²) in [5.74, 6) is -0.268. The lowest BCUT2D eigenvalue weighted by atomic mass is 9.76. The van der Waals surface area contributed by atoms with Crippen LogP contribution in [-0.2, 0) is 0 Å². The summed E-state index contributed by atoms with van der Waals surface area (Å²) in [6, 6.07) is 12.1. The maximum atomic E-state index is 11.7. The maximum Gasteiger partial charge on any atom is 0.337 e. The first kappa shape index (κ1) is 15.9. The zero-order chi connectivity index (χ0) is 16.8. The van der Waals surface area contributed by atoms with Crippen LogP contribution in [0.15, 0.2) is 57.5 Å². The third-order valence-electron chi connectivity index (χ3n) is 4.89. The summed E-state index contributed by atoms with van der Waals surface area (Å²) in [6.45, 7) is 0. The number of hydrogen-bond donors (Lipinski definition) is 2. The van der Waals surface area contributed by atoms with Crippen molar-refractivity contribution in [3.8, 4) is 0 Å². The fourth-order valence-electron chi connectivity index (χ4n) is 3.83. The van der Waals surface area contributed by atoms with E-state index < -0.39 is 5.97 Å². The Morgan fingerprint density at radius 3 is 2.58 bits per heavy atom. The number of anilines is 1. The van der Waals surface area contributed by atoms with Crippen molar-refractivity contribution < 1.29 is 9.90 Å². The molecule has 2 unspecified atom stereocenters. The van der Waals surface area contributed by atoms with Crippen molar-refractivity contribution >= 4 is 43.5 Å². The van der Waals surface area contributed by atoms with E-state index >= 15 is 0 Å². The Labute approximate surface area is 157 Å². The Balaban J connectivity index is 1.86. The summed E-state index contributed by atoms with van der Waals surface area (Å²) in [5, 5.41) is 13.1. The molecular formula is C19H15Br2NO2. The average Bonchev–Trinajstić information content (AvgIpc) is 3.04. The van der Waals surface area contributed by atoms with Gasteiger partial charge in [0, 0.05) is 14.9 Å². The first-order chi connectivity index (χ1) is 11.5. The molecule has 5 heteroatoms. The number of halogens is 2. The number of aromatic carboxylic acids is 1. The van der Waals surface area contributed by atoms with Crippen LogP contribution in [0, 0.1) is 5.92 Å². The number of nitrogens with one attached hydrogen (secondary N) is 1. The normalized spacial score (nSPS) is 24.2. The number of benzene rings is 2. The summed E-state index contributed by atoms with van der Waals surface area (Å²) in [6.07, 6.45) is 5.42. The van der Waals surface area contributed by atoms with E-state index in [0.717, 1.165) is 26.6 Å². The Kier molecular flexibility index (Phi) is 4.01. The van der Waals surface area contributed by atoms with Crippen molar-refractivity contribution in [1.82, 2.24) is 0 Å². The highest BCUT2D eigenvalue weighted by Crippen LogP contribution is 2.51. The maximum absolute atomic E-state index is 11.7. The molecule has 1 aliphatic carbocycles. The Morgan fingerprint density at radius 2 is 1.88 bits per heavy atom. The van der Waals surface area contributed by atoms with Gasteiger partial charge in [0.2, 0.25) is 0 Å². The SMILES string of the molecule is O=C(O)c1cc(Br)cc2c1N[C@H](c1ccc(Br)cc1)C1CC=CC21. The molecule has 1 aliphatic heterocycles. The number of carbonyl (C=O) groups is 1. The van der Waals surface area contributed by atoms with E-state index in [-0.39, 0.29) is 12.0 Å². The minimum Gasteiger partial charge on any atom is -0.478 e. The molecule has 1 heterocycles. The van der Waals surface area contributed by atoms with Gasteiger partial charge < -0.3 is 10.4 Å². The Bertz CT molecular complexity index is 845. The molecule has 0 fully saturated rings. The van der Waals surface area contributed by atoms with Gasteiger partial charge in [-0.25, -0.2) is 4.79 Å². The van der Waals surface area contributed by atoms with Gasteiger partial charge in [-0.1, -0.05) is 56.1 Å². The molecule has 2 aromatic rings. The first-order valence-corrected chi connectivity index (χ1v) is 9.38. The van der Waals surface area contributed by atoms with Gasteiger partial charge in [0.1, 0.15) is 0 Å². The van der Waals surface area contributed by atoms with Gasteiger partial charge in [-0.2, -0.15) is 0 Å². The zero-order valence-corrected chi connectivity index (χ0v) is 15.8. The summed E-state index contributed by atoms with van der Waals surface area (Å²) < 4.78 is 1.85. The molecule has 3 atom stereocenters. The van der Waals surface area contributed by atoms with Gasteiger partial charge in [-0.15, -0.1) is 0 Å². The van der Waals surface area contributed by atoms with Crippen LogP contribution < -0.4 is 5.32 Å². The smallest absolute Gasteiger partial charge is 0.337 e. The monoisotopic (exact) mass is 447 g/mol. The van der Waals surface area contributed by atoms with Crippen LogP contribution in [0.1, 0.15) is 39.9 Å². The highest BCUT2D eigenvalue weighted by atomic mass is 79.9. The minimum atomic E-state index is -0.907. The summed E-state index contributed by atoms with van der Waals surface area (Å²) >= 11 is 6.93. The third kappa shape index (κ3) is 2.60. The van der Waals surface area contributed by atoms with Gasteiger partial charge >= 0.3 is 5.97 Å². The minimum absolute atomic E-state index is 0.102. The zero-order valence-electron chi connectivity index (χ0n) is 12.7. The van der Waals surface area contributed by atoms with E-state index in [1.165, 1.54) is 5.56 Å². The fourth-order valence-corrected chi connectivity index (χ4v) is 4.57. The van der Waals surface area contributed by atoms with E-state index in [2.05, 4.69) is 61.5 Å². The molecule has 24 heavy (non-hydrogen) atoms. The Hall–Kier alpha value is -1.59. The highest BCUT2D eigenvalue weighted by Gasteiger charge is 2.39. The molecule has 0 spiro atoms. The van der Waals surface area contributed by atoms with E-state index in [9.17, 15) is 9.90 Å². The van der Waals surface area contributed by atoms with Crippen LogP contribution >= 0.6 is 31.9 Å². The van der Waals surface area contributed by atoms with Crippen molar-refractivity contribution in [3.05, 3.63) is 74.2 Å². The molecule has 0 amide bonds. The number of hydrogen-bond acceptors (Lipinski definition) is 2. The van der Waals surface area contributed by atoms with Crippen molar-refractivity contribution in [1.29, 1.82) is 0 Å². The van der Waals surface area contributed by atoms with Crippen molar-refractivity contribution in [2.24, 2.45) is 5.92 Å². The molecule has 3 nitrogen and oxygen atoms in total. The van der Waals surface area contributed by atoms with Gasteiger partial charge in [0.05, 0.1) is 17.3 Å². The van der Waals surface area contributed by atoms with Crippen LogP contribution in [-0.4, -0.2) is 11.1 Å². The summed E-state index contributed by atoms with van der Waals surface area (Å²) in [4.78, 5) is 11.7. The van der Waals surface area contributed by atoms with E-state index in [4.69, 9.17) is 0 Å². The van der Waals surface area contributed by atoms with Crippen molar-refractivity contribution in [2.45, 2.75) is 18.4 Å². The number of carboxylic acid groups (broad SMARTS) is 1. The molecule has 2 aromatic carbocycles. The lowest BCUT2D eigenvalue weighted by Crippen LogP contribution is -2.30. The summed E-state index contributed by atoms with van der Waals surface area (Å²) in [7, 11) is 0. The van der Waals surface area contributed by atoms with E-state index in [1.807, 2.05) is 18.2 Å². The van der Waals surface area contributed by atoms with Crippen molar-refractivity contribution in [3.63, 3.8) is 0 Å². The van der Waals surface area contributed by atoms with Gasteiger partial charge in [0.15, 0.2) is 0 Å². The second-order valence-electron chi connectivity index (χ2n) is 6.25. The molecule has 0 aromatic heterocycles.